The van der Waals surface area contributed by atoms with Crippen LogP contribution in [0, 0.1) is 8.89 Å². The molecule has 100 valence electrons. The fourth-order valence-corrected chi connectivity index (χ4v) is 16.2. The zero-order valence-electron chi connectivity index (χ0n) is 11.6. The summed E-state index contributed by atoms with van der Waals surface area (Å²) in [6.07, 6.45) is 0. The van der Waals surface area contributed by atoms with E-state index >= 15 is 0 Å². The Morgan fingerprint density at radius 1 is 0.524 bits per heavy atom. The van der Waals surface area contributed by atoms with Crippen LogP contribution in [-0.4, -0.2) is 21.2 Å². The number of rotatable bonds is 3. The molecule has 2 heteroatoms. The molecule has 0 heterocycles. The zero-order valence-corrected chi connectivity index (χ0v) is 15.5. The second-order valence-corrected chi connectivity index (χ2v) is 18.4. The van der Waals surface area contributed by atoms with Gasteiger partial charge in [0.2, 0.25) is 0 Å². The van der Waals surface area contributed by atoms with Crippen molar-refractivity contribution in [3.05, 3.63) is 91.0 Å². The predicted molar refractivity (Wildman–Crippen MR) is 89.6 cm³/mol. The van der Waals surface area contributed by atoms with Gasteiger partial charge in [0.25, 0.3) is 0 Å². The van der Waals surface area contributed by atoms with Crippen LogP contribution in [0.25, 0.3) is 0 Å². The summed E-state index contributed by atoms with van der Waals surface area (Å²) in [5.74, 6) is 0. The molecule has 0 N–H and O–H groups in total. The van der Waals surface area contributed by atoms with Crippen molar-refractivity contribution in [1.82, 2.24) is 0 Å². The Hall–Kier alpha value is -1.93. The van der Waals surface area contributed by atoms with Crippen LogP contribution < -0.4 is 9.37 Å². The van der Waals surface area contributed by atoms with E-state index in [1.54, 1.807) is 0 Å². The number of hydrogen-bond acceptors (Lipinski definition) is 1. The first-order valence-corrected chi connectivity index (χ1v) is 14.7. The van der Waals surface area contributed by atoms with Crippen LogP contribution in [0.2, 0.25) is 0 Å². The molecule has 0 bridgehead atoms. The fraction of sp³-hybridized carbons (Fsp3) is 0. The van der Waals surface area contributed by atoms with Crippen molar-refractivity contribution in [2.45, 2.75) is 0 Å². The summed E-state index contributed by atoms with van der Waals surface area (Å²) in [5.41, 5.74) is 0. The van der Waals surface area contributed by atoms with Crippen molar-refractivity contribution in [3.63, 3.8) is 0 Å². The Balaban J connectivity index is 2.32. The number of hydrogen-bond donors (Lipinski definition) is 0. The van der Waals surface area contributed by atoms with Gasteiger partial charge in [0.1, 0.15) is 0 Å². The van der Waals surface area contributed by atoms with E-state index in [4.69, 9.17) is 0 Å². The molecule has 0 atom stereocenters. The Morgan fingerprint density at radius 3 is 1.05 bits per heavy atom. The summed E-state index contributed by atoms with van der Waals surface area (Å²) in [6, 6.07) is 30.9. The molecule has 21 heavy (non-hydrogen) atoms. The standard InChI is InChI=1S/3C6H5.CN.Pb/c3*1-2-4-6-5-3-1;1-2;/h3*1-5H;;. The van der Waals surface area contributed by atoms with Gasteiger partial charge in [-0.2, -0.15) is 0 Å². The molecule has 0 saturated heterocycles. The van der Waals surface area contributed by atoms with Crippen LogP contribution in [0.4, 0.5) is 0 Å². The molecule has 0 aromatic heterocycles. The molecule has 0 amide bonds. The van der Waals surface area contributed by atoms with Gasteiger partial charge in [-0.1, -0.05) is 0 Å². The third-order valence-electron chi connectivity index (χ3n) is 3.79. The molecule has 0 radical (unpaired) electrons. The molecule has 0 fully saturated rings. The summed E-state index contributed by atoms with van der Waals surface area (Å²) < 4.78 is 6.43. The summed E-state index contributed by atoms with van der Waals surface area (Å²) in [5, 5.41) is 10.2. The van der Waals surface area contributed by atoms with Crippen LogP contribution in [-0.2, 0) is 0 Å². The molecule has 1 nitrogen and oxygen atoms in total. The number of benzene rings is 3. The minimum absolute atomic E-state index is 1.21. The third-order valence-corrected chi connectivity index (χ3v) is 19.1. The monoisotopic (exact) mass is 465 g/mol. The Kier molecular flexibility index (Phi) is 4.16. The second kappa shape index (κ2) is 6.23. The minimum atomic E-state index is -3.68. The van der Waals surface area contributed by atoms with Crippen molar-refractivity contribution in [1.29, 1.82) is 5.26 Å². The van der Waals surface area contributed by atoms with Gasteiger partial charge in [-0.25, -0.2) is 0 Å². The molecule has 0 aliphatic rings. The maximum absolute atomic E-state index is 10.2. The molecule has 0 saturated carbocycles. The first-order chi connectivity index (χ1) is 10.4. The Morgan fingerprint density at radius 2 is 0.810 bits per heavy atom. The Bertz CT molecular complexity index is 649. The SMILES string of the molecule is N#[C][Pb]([c]1ccccc1)([c]1ccccc1)[c]1ccccc1. The first kappa shape index (κ1) is 14.0. The van der Waals surface area contributed by atoms with Crippen molar-refractivity contribution >= 4 is 30.5 Å². The molecule has 3 rings (SSSR count). The molecule has 0 unspecified atom stereocenters. The van der Waals surface area contributed by atoms with Crippen molar-refractivity contribution in [2.75, 3.05) is 0 Å². The Labute approximate surface area is 130 Å². The van der Waals surface area contributed by atoms with Gasteiger partial charge in [0, 0.05) is 0 Å². The normalized spacial score (nSPS) is 10.8. The van der Waals surface area contributed by atoms with Crippen LogP contribution in [0.1, 0.15) is 0 Å². The molecule has 0 aliphatic heterocycles. The van der Waals surface area contributed by atoms with Crippen LogP contribution in [0.5, 0.6) is 0 Å². The van der Waals surface area contributed by atoms with Crippen molar-refractivity contribution < 1.29 is 0 Å². The molecule has 3 aromatic carbocycles. The number of nitrogens with zero attached hydrogens (tertiary/aromatic N) is 1. The first-order valence-electron chi connectivity index (χ1n) is 6.96. The van der Waals surface area contributed by atoms with Gasteiger partial charge in [-0.15, -0.1) is 0 Å². The zero-order chi connectivity index (χ0) is 14.5. The van der Waals surface area contributed by atoms with E-state index in [1.807, 2.05) is 54.6 Å². The van der Waals surface area contributed by atoms with E-state index in [9.17, 15) is 5.26 Å². The quantitative estimate of drug-likeness (QED) is 0.546. The predicted octanol–water partition coefficient (Wildman–Crippen LogP) is 2.22. The van der Waals surface area contributed by atoms with Gasteiger partial charge in [0.05, 0.1) is 0 Å². The second-order valence-electron chi connectivity index (χ2n) is 4.96. The van der Waals surface area contributed by atoms with E-state index in [0.717, 1.165) is 0 Å². The van der Waals surface area contributed by atoms with E-state index in [1.165, 1.54) is 9.37 Å². The molecule has 0 aliphatic carbocycles. The average molecular weight is 465 g/mol. The van der Waals surface area contributed by atoms with Crippen LogP contribution in [0.3, 0.4) is 0 Å². The van der Waals surface area contributed by atoms with E-state index in [2.05, 4.69) is 40.0 Å². The van der Waals surface area contributed by atoms with Gasteiger partial charge >= 0.3 is 130 Å². The topological polar surface area (TPSA) is 23.8 Å². The summed E-state index contributed by atoms with van der Waals surface area (Å²) in [6.45, 7) is 0. The van der Waals surface area contributed by atoms with Gasteiger partial charge in [-0.3, -0.25) is 0 Å². The average Bonchev–Trinajstić information content (AvgIpc) is 2.59. The van der Waals surface area contributed by atoms with Crippen LogP contribution in [0.15, 0.2) is 91.0 Å². The summed E-state index contributed by atoms with van der Waals surface area (Å²) in [7, 11) is 0. The van der Waals surface area contributed by atoms with Crippen molar-refractivity contribution in [3.8, 4) is 3.63 Å². The van der Waals surface area contributed by atoms with E-state index in [-0.39, 0.29) is 0 Å². The van der Waals surface area contributed by atoms with E-state index in [0.29, 0.717) is 0 Å². The van der Waals surface area contributed by atoms with Gasteiger partial charge in [-0.05, 0) is 0 Å². The summed E-state index contributed by atoms with van der Waals surface area (Å²) in [4.78, 5) is 0. The molecular weight excluding hydrogens is 449 g/mol. The number of nitriles is 1. The van der Waals surface area contributed by atoms with Crippen molar-refractivity contribution in [2.24, 2.45) is 0 Å². The fourth-order valence-electron chi connectivity index (χ4n) is 2.76. The van der Waals surface area contributed by atoms with E-state index < -0.39 is 21.2 Å². The molecule has 0 spiro atoms. The van der Waals surface area contributed by atoms with Gasteiger partial charge in [0.15, 0.2) is 0 Å². The molecular formula is C19H15NPb. The molecule has 3 aromatic rings. The van der Waals surface area contributed by atoms with Crippen LogP contribution >= 0.6 is 0 Å². The van der Waals surface area contributed by atoms with Gasteiger partial charge < -0.3 is 0 Å². The maximum atomic E-state index is 10.2. The third kappa shape index (κ3) is 2.52. The summed E-state index contributed by atoms with van der Waals surface area (Å²) >= 11 is -3.68.